The van der Waals surface area contributed by atoms with Crippen molar-refractivity contribution in [1.29, 1.82) is 0 Å². The second-order valence-corrected chi connectivity index (χ2v) is 3.61. The molecule has 0 fully saturated rings. The molecule has 1 aromatic rings. The van der Waals surface area contributed by atoms with E-state index in [1.165, 1.54) is 12.1 Å². The molecule has 0 atom stereocenters. The monoisotopic (exact) mass is 252 g/mol. The lowest BCUT2D eigenvalue weighted by atomic mass is 10.2. The zero-order valence-electron chi connectivity index (χ0n) is 7.30. The molecule has 0 unspecified atom stereocenters. The van der Waals surface area contributed by atoms with Crippen molar-refractivity contribution in [3.63, 3.8) is 0 Å². The molecule has 0 radical (unpaired) electrons. The quantitative estimate of drug-likeness (QED) is 0.550. The normalized spacial score (nSPS) is 11.2. The largest absolute Gasteiger partial charge is 0.351 e. The van der Waals surface area contributed by atoms with Crippen LogP contribution in [0.4, 0.5) is 19.3 Å². The van der Waals surface area contributed by atoms with Gasteiger partial charge in [0.2, 0.25) is 0 Å². The van der Waals surface area contributed by atoms with Gasteiger partial charge < -0.3 is 11.1 Å². The number of halogens is 3. The van der Waals surface area contributed by atoms with Gasteiger partial charge in [0, 0.05) is 4.90 Å². The molecule has 3 nitrogen and oxygen atoms in total. The van der Waals surface area contributed by atoms with Crippen molar-refractivity contribution in [2.24, 2.45) is 5.73 Å². The third-order valence-corrected chi connectivity index (χ3v) is 2.28. The van der Waals surface area contributed by atoms with Crippen LogP contribution < -0.4 is 11.1 Å². The van der Waals surface area contributed by atoms with Crippen LogP contribution in [0.3, 0.4) is 0 Å². The SMILES string of the molecule is NC(=O)Nc1cccc(C(F)(F)Cl)c1S. The fourth-order valence-electron chi connectivity index (χ4n) is 1.01. The third-order valence-electron chi connectivity index (χ3n) is 1.60. The number of benzene rings is 1. The van der Waals surface area contributed by atoms with E-state index in [4.69, 9.17) is 17.3 Å². The maximum atomic E-state index is 12.8. The van der Waals surface area contributed by atoms with E-state index in [1.807, 2.05) is 0 Å². The van der Waals surface area contributed by atoms with Crippen LogP contribution in [-0.2, 0) is 5.38 Å². The summed E-state index contributed by atoms with van der Waals surface area (Å²) in [5, 5.41) is -1.38. The molecule has 0 bridgehead atoms. The number of alkyl halides is 3. The number of carbonyl (C=O) groups excluding carboxylic acids is 1. The number of hydrogen-bond donors (Lipinski definition) is 3. The molecule has 0 spiro atoms. The highest BCUT2D eigenvalue weighted by Gasteiger charge is 2.30. The second-order valence-electron chi connectivity index (χ2n) is 2.69. The summed E-state index contributed by atoms with van der Waals surface area (Å²) in [7, 11) is 0. The van der Waals surface area contributed by atoms with Gasteiger partial charge in [-0.1, -0.05) is 12.1 Å². The van der Waals surface area contributed by atoms with E-state index in [1.54, 1.807) is 0 Å². The van der Waals surface area contributed by atoms with Crippen molar-refractivity contribution >= 4 is 35.9 Å². The molecular formula is C8H7ClF2N2OS. The zero-order valence-corrected chi connectivity index (χ0v) is 8.95. The lowest BCUT2D eigenvalue weighted by molar-refractivity contribution is 0.0922. The van der Waals surface area contributed by atoms with E-state index < -0.39 is 17.0 Å². The van der Waals surface area contributed by atoms with Crippen molar-refractivity contribution in [2.45, 2.75) is 10.3 Å². The Kier molecular flexibility index (Phi) is 3.41. The zero-order chi connectivity index (χ0) is 11.6. The lowest BCUT2D eigenvalue weighted by Gasteiger charge is -2.13. The molecule has 0 saturated heterocycles. The van der Waals surface area contributed by atoms with Gasteiger partial charge in [-0.3, -0.25) is 0 Å². The summed E-state index contributed by atoms with van der Waals surface area (Å²) in [6, 6.07) is 2.96. The number of primary amides is 1. The van der Waals surface area contributed by atoms with Crippen LogP contribution in [-0.4, -0.2) is 6.03 Å². The van der Waals surface area contributed by atoms with Crippen LogP contribution in [0.2, 0.25) is 0 Å². The Bertz CT molecular complexity index is 395. The van der Waals surface area contributed by atoms with E-state index >= 15 is 0 Å². The Morgan fingerprint density at radius 3 is 2.60 bits per heavy atom. The predicted molar refractivity (Wildman–Crippen MR) is 56.6 cm³/mol. The van der Waals surface area contributed by atoms with Gasteiger partial charge in [0.05, 0.1) is 11.3 Å². The van der Waals surface area contributed by atoms with Gasteiger partial charge in [-0.25, -0.2) is 4.79 Å². The van der Waals surface area contributed by atoms with Crippen molar-refractivity contribution in [3.05, 3.63) is 23.8 Å². The Hall–Kier alpha value is -1.01. The molecule has 2 amide bonds. The molecule has 0 aliphatic rings. The summed E-state index contributed by atoms with van der Waals surface area (Å²) in [5.74, 6) is 0. The van der Waals surface area contributed by atoms with Crippen LogP contribution in [0.25, 0.3) is 0 Å². The number of rotatable bonds is 2. The average molecular weight is 253 g/mol. The smallest absolute Gasteiger partial charge is 0.349 e. The first-order chi connectivity index (χ1) is 6.82. The van der Waals surface area contributed by atoms with Gasteiger partial charge in [-0.15, -0.1) is 12.6 Å². The molecule has 15 heavy (non-hydrogen) atoms. The van der Waals surface area contributed by atoms with E-state index in [9.17, 15) is 13.6 Å². The summed E-state index contributed by atoms with van der Waals surface area (Å²) < 4.78 is 25.6. The predicted octanol–water partition coefficient (Wildman–Crippen LogP) is 2.75. The highest BCUT2D eigenvalue weighted by molar-refractivity contribution is 7.80. The van der Waals surface area contributed by atoms with Crippen molar-refractivity contribution in [2.75, 3.05) is 5.32 Å². The Balaban J connectivity index is 3.17. The van der Waals surface area contributed by atoms with E-state index in [0.717, 1.165) is 6.07 Å². The number of urea groups is 1. The van der Waals surface area contributed by atoms with Crippen LogP contribution >= 0.6 is 24.2 Å². The molecule has 7 heteroatoms. The number of hydrogen-bond acceptors (Lipinski definition) is 2. The van der Waals surface area contributed by atoms with Crippen molar-refractivity contribution in [3.8, 4) is 0 Å². The molecular weight excluding hydrogens is 246 g/mol. The lowest BCUT2D eigenvalue weighted by Crippen LogP contribution is -2.20. The Labute approximate surface area is 95.0 Å². The molecule has 0 aromatic heterocycles. The maximum absolute atomic E-state index is 12.8. The Morgan fingerprint density at radius 2 is 2.13 bits per heavy atom. The number of thiol groups is 1. The highest BCUT2D eigenvalue weighted by Crippen LogP contribution is 2.38. The van der Waals surface area contributed by atoms with E-state index in [-0.39, 0.29) is 10.6 Å². The van der Waals surface area contributed by atoms with Gasteiger partial charge in [-0.2, -0.15) is 8.78 Å². The van der Waals surface area contributed by atoms with Crippen molar-refractivity contribution < 1.29 is 13.6 Å². The molecule has 0 saturated carbocycles. The van der Waals surface area contributed by atoms with Gasteiger partial charge in [0.25, 0.3) is 0 Å². The van der Waals surface area contributed by atoms with Crippen LogP contribution in [0.15, 0.2) is 23.1 Å². The molecule has 0 heterocycles. The third kappa shape index (κ3) is 2.97. The number of anilines is 1. The summed E-state index contributed by atoms with van der Waals surface area (Å²) >= 11 is 8.69. The molecule has 1 aromatic carbocycles. The van der Waals surface area contributed by atoms with Gasteiger partial charge in [-0.05, 0) is 17.7 Å². The molecule has 0 aliphatic heterocycles. The minimum atomic E-state index is -3.54. The summed E-state index contributed by atoms with van der Waals surface area (Å²) in [6.45, 7) is 0. The minimum absolute atomic E-state index is 0.0867. The first-order valence-electron chi connectivity index (χ1n) is 3.78. The number of amides is 2. The fraction of sp³-hybridized carbons (Fsp3) is 0.125. The van der Waals surface area contributed by atoms with E-state index in [2.05, 4.69) is 17.9 Å². The van der Waals surface area contributed by atoms with E-state index in [0.29, 0.717) is 0 Å². The molecule has 1 rings (SSSR count). The van der Waals surface area contributed by atoms with Crippen LogP contribution in [0.1, 0.15) is 5.56 Å². The maximum Gasteiger partial charge on any atom is 0.349 e. The number of carbonyl (C=O) groups is 1. The van der Waals surface area contributed by atoms with Gasteiger partial charge in [0.1, 0.15) is 0 Å². The molecule has 82 valence electrons. The second kappa shape index (κ2) is 4.24. The molecule has 0 aliphatic carbocycles. The summed E-state index contributed by atoms with van der Waals surface area (Å²) in [4.78, 5) is 10.4. The number of nitrogens with two attached hydrogens (primary N) is 1. The minimum Gasteiger partial charge on any atom is -0.351 e. The van der Waals surface area contributed by atoms with Crippen LogP contribution in [0.5, 0.6) is 0 Å². The summed E-state index contributed by atoms with van der Waals surface area (Å²) in [6.07, 6.45) is 0. The topological polar surface area (TPSA) is 55.1 Å². The first kappa shape index (κ1) is 12.1. The number of nitrogens with one attached hydrogen (secondary N) is 1. The van der Waals surface area contributed by atoms with Gasteiger partial charge >= 0.3 is 11.4 Å². The first-order valence-corrected chi connectivity index (χ1v) is 4.60. The van der Waals surface area contributed by atoms with Crippen LogP contribution in [0, 0.1) is 0 Å². The fourth-order valence-corrected chi connectivity index (χ4v) is 1.57. The van der Waals surface area contributed by atoms with Crippen molar-refractivity contribution in [1.82, 2.24) is 0 Å². The Morgan fingerprint density at radius 1 is 1.53 bits per heavy atom. The standard InChI is InChI=1S/C8H7ClF2N2OS/c9-8(10,11)4-2-1-3-5(6(4)15)13-7(12)14/h1-3,15H,(H3,12,13,14). The van der Waals surface area contributed by atoms with Gasteiger partial charge in [0.15, 0.2) is 0 Å². The molecule has 3 N–H and O–H groups in total. The average Bonchev–Trinajstić information content (AvgIpc) is 2.05. The summed E-state index contributed by atoms with van der Waals surface area (Å²) in [5.41, 5.74) is 4.45. The highest BCUT2D eigenvalue weighted by atomic mass is 35.5.